The van der Waals surface area contributed by atoms with E-state index in [1.165, 1.54) is 5.56 Å². The monoisotopic (exact) mass is 374 g/mol. The van der Waals surface area contributed by atoms with Crippen molar-refractivity contribution in [2.24, 2.45) is 0 Å². The minimum absolute atomic E-state index is 0.175. The van der Waals surface area contributed by atoms with E-state index in [2.05, 4.69) is 36.3 Å². The van der Waals surface area contributed by atoms with Gasteiger partial charge in [0.15, 0.2) is 0 Å². The first-order chi connectivity index (χ1) is 13.5. The molecule has 0 atom stereocenters. The number of amides is 1. The van der Waals surface area contributed by atoms with Crippen LogP contribution in [0.4, 0.5) is 5.69 Å². The van der Waals surface area contributed by atoms with Gasteiger partial charge in [-0.2, -0.15) is 0 Å². The lowest BCUT2D eigenvalue weighted by Crippen LogP contribution is -2.14. The van der Waals surface area contributed by atoms with Crippen molar-refractivity contribution in [2.75, 3.05) is 5.32 Å². The van der Waals surface area contributed by atoms with Crippen LogP contribution >= 0.6 is 0 Å². The predicted molar refractivity (Wildman–Crippen MR) is 113 cm³/mol. The number of carbonyl (C=O) groups is 1. The predicted octanol–water partition coefficient (Wildman–Crippen LogP) is 6.12. The minimum Gasteiger partial charge on any atom is -0.457 e. The smallest absolute Gasteiger partial charge is 0.257 e. The molecule has 0 fully saturated rings. The maximum absolute atomic E-state index is 12.6. The minimum atomic E-state index is -0.175. The molecular formula is C24H26N2O2. The zero-order valence-corrected chi connectivity index (χ0v) is 16.8. The highest BCUT2D eigenvalue weighted by molar-refractivity contribution is 6.05. The van der Waals surface area contributed by atoms with Crippen molar-refractivity contribution in [2.45, 2.75) is 40.0 Å². The van der Waals surface area contributed by atoms with Gasteiger partial charge >= 0.3 is 0 Å². The molecule has 1 amide bonds. The molecule has 1 heterocycles. The first-order valence-corrected chi connectivity index (χ1v) is 9.62. The summed E-state index contributed by atoms with van der Waals surface area (Å²) in [6.07, 6.45) is 0.847. The van der Waals surface area contributed by atoms with Gasteiger partial charge in [0.1, 0.15) is 11.5 Å². The number of pyridine rings is 1. The number of aryl methyl sites for hydroxylation is 2. The van der Waals surface area contributed by atoms with Gasteiger partial charge in [-0.3, -0.25) is 9.78 Å². The number of rotatable bonds is 6. The van der Waals surface area contributed by atoms with Gasteiger partial charge in [-0.25, -0.2) is 0 Å². The lowest BCUT2D eigenvalue weighted by Gasteiger charge is -2.11. The molecule has 0 saturated carbocycles. The van der Waals surface area contributed by atoms with Crippen LogP contribution in [0.15, 0.2) is 60.7 Å². The zero-order valence-electron chi connectivity index (χ0n) is 16.8. The van der Waals surface area contributed by atoms with E-state index in [1.54, 1.807) is 0 Å². The molecule has 4 heteroatoms. The zero-order chi connectivity index (χ0) is 20.1. The van der Waals surface area contributed by atoms with E-state index in [0.29, 0.717) is 22.9 Å². The standard InChI is InChI=1S/C24H26N2O2/c1-5-19-11-14-23(17(4)25-19)24(27)26-20-7-6-8-22(15-20)28-21-12-9-18(10-13-21)16(2)3/h6-16H,5H2,1-4H3,(H,26,27). The molecule has 0 aliphatic rings. The van der Waals surface area contributed by atoms with E-state index in [9.17, 15) is 4.79 Å². The molecule has 0 spiro atoms. The molecular weight excluding hydrogens is 348 g/mol. The van der Waals surface area contributed by atoms with Crippen LogP contribution in [0.1, 0.15) is 54.0 Å². The number of aromatic nitrogens is 1. The van der Waals surface area contributed by atoms with Crippen LogP contribution in [-0.2, 0) is 6.42 Å². The summed E-state index contributed by atoms with van der Waals surface area (Å²) < 4.78 is 5.93. The van der Waals surface area contributed by atoms with Crippen LogP contribution < -0.4 is 10.1 Å². The van der Waals surface area contributed by atoms with Gasteiger partial charge in [0.25, 0.3) is 5.91 Å². The molecule has 3 rings (SSSR count). The largest absolute Gasteiger partial charge is 0.457 e. The van der Waals surface area contributed by atoms with Gasteiger partial charge in [-0.15, -0.1) is 0 Å². The van der Waals surface area contributed by atoms with Crippen LogP contribution in [-0.4, -0.2) is 10.9 Å². The number of hydrogen-bond acceptors (Lipinski definition) is 3. The molecule has 0 bridgehead atoms. The Labute approximate surface area is 166 Å². The second-order valence-corrected chi connectivity index (χ2v) is 7.10. The average molecular weight is 374 g/mol. The van der Waals surface area contributed by atoms with E-state index in [1.807, 2.05) is 62.4 Å². The summed E-state index contributed by atoms with van der Waals surface area (Å²) in [5, 5.41) is 2.93. The summed E-state index contributed by atoms with van der Waals surface area (Å²) in [7, 11) is 0. The molecule has 1 N–H and O–H groups in total. The van der Waals surface area contributed by atoms with E-state index < -0.39 is 0 Å². The van der Waals surface area contributed by atoms with Gasteiger partial charge in [0, 0.05) is 17.4 Å². The fraction of sp³-hybridized carbons (Fsp3) is 0.250. The van der Waals surface area contributed by atoms with E-state index >= 15 is 0 Å². The lowest BCUT2D eigenvalue weighted by atomic mass is 10.0. The highest BCUT2D eigenvalue weighted by atomic mass is 16.5. The topological polar surface area (TPSA) is 51.2 Å². The summed E-state index contributed by atoms with van der Waals surface area (Å²) in [6, 6.07) is 19.2. The third-order valence-corrected chi connectivity index (χ3v) is 4.62. The fourth-order valence-electron chi connectivity index (χ4n) is 2.94. The van der Waals surface area contributed by atoms with Crippen LogP contribution in [0.5, 0.6) is 11.5 Å². The van der Waals surface area contributed by atoms with Crippen LogP contribution in [0, 0.1) is 6.92 Å². The Morgan fingerprint density at radius 2 is 1.79 bits per heavy atom. The lowest BCUT2D eigenvalue weighted by molar-refractivity contribution is 0.102. The Balaban J connectivity index is 1.71. The van der Waals surface area contributed by atoms with Crippen molar-refractivity contribution in [3.05, 3.63) is 83.2 Å². The van der Waals surface area contributed by atoms with Crippen molar-refractivity contribution < 1.29 is 9.53 Å². The fourth-order valence-corrected chi connectivity index (χ4v) is 2.94. The Kier molecular flexibility index (Phi) is 6.09. The average Bonchev–Trinajstić information content (AvgIpc) is 2.68. The molecule has 0 aliphatic heterocycles. The van der Waals surface area contributed by atoms with Crippen LogP contribution in [0.25, 0.3) is 0 Å². The molecule has 3 aromatic rings. The van der Waals surface area contributed by atoms with Crippen LogP contribution in [0.3, 0.4) is 0 Å². The normalized spacial score (nSPS) is 10.8. The Hall–Kier alpha value is -3.14. The molecule has 144 valence electrons. The number of anilines is 1. The van der Waals surface area contributed by atoms with E-state index in [4.69, 9.17) is 4.74 Å². The second kappa shape index (κ2) is 8.70. The summed E-state index contributed by atoms with van der Waals surface area (Å²) in [5.74, 6) is 1.75. The molecule has 1 aromatic heterocycles. The highest BCUT2D eigenvalue weighted by Crippen LogP contribution is 2.26. The molecule has 2 aromatic carbocycles. The number of hydrogen-bond donors (Lipinski definition) is 1. The van der Waals surface area contributed by atoms with Gasteiger partial charge in [0.2, 0.25) is 0 Å². The highest BCUT2D eigenvalue weighted by Gasteiger charge is 2.11. The summed E-state index contributed by atoms with van der Waals surface area (Å²) >= 11 is 0. The first-order valence-electron chi connectivity index (χ1n) is 9.62. The van der Waals surface area contributed by atoms with Crippen molar-refractivity contribution >= 4 is 11.6 Å². The van der Waals surface area contributed by atoms with Crippen molar-refractivity contribution in [3.63, 3.8) is 0 Å². The molecule has 4 nitrogen and oxygen atoms in total. The number of carbonyl (C=O) groups excluding carboxylic acids is 1. The first kappa shape index (κ1) is 19.6. The van der Waals surface area contributed by atoms with E-state index in [0.717, 1.165) is 23.6 Å². The summed E-state index contributed by atoms with van der Waals surface area (Å²) in [6.45, 7) is 8.22. The molecule has 0 saturated heterocycles. The maximum atomic E-state index is 12.6. The van der Waals surface area contributed by atoms with Crippen molar-refractivity contribution in [1.82, 2.24) is 4.98 Å². The van der Waals surface area contributed by atoms with Gasteiger partial charge in [-0.05, 0) is 61.2 Å². The Morgan fingerprint density at radius 1 is 1.04 bits per heavy atom. The van der Waals surface area contributed by atoms with Gasteiger partial charge in [-0.1, -0.05) is 39.0 Å². The SMILES string of the molecule is CCc1ccc(C(=O)Nc2cccc(Oc3ccc(C(C)C)cc3)c2)c(C)n1. The number of nitrogens with zero attached hydrogens (tertiary/aromatic N) is 1. The second-order valence-electron chi connectivity index (χ2n) is 7.10. The molecule has 0 radical (unpaired) electrons. The van der Waals surface area contributed by atoms with Crippen molar-refractivity contribution in [3.8, 4) is 11.5 Å². The number of nitrogens with one attached hydrogen (secondary N) is 1. The third kappa shape index (κ3) is 4.77. The molecule has 0 aliphatic carbocycles. The van der Waals surface area contributed by atoms with Gasteiger partial charge < -0.3 is 10.1 Å². The summed E-state index contributed by atoms with van der Waals surface area (Å²) in [4.78, 5) is 17.1. The quantitative estimate of drug-likeness (QED) is 0.565. The Bertz CT molecular complexity index is 963. The van der Waals surface area contributed by atoms with Crippen molar-refractivity contribution in [1.29, 1.82) is 0 Å². The maximum Gasteiger partial charge on any atom is 0.257 e. The molecule has 0 unspecified atom stereocenters. The molecule has 28 heavy (non-hydrogen) atoms. The number of ether oxygens (including phenoxy) is 1. The Morgan fingerprint density at radius 3 is 2.43 bits per heavy atom. The van der Waals surface area contributed by atoms with E-state index in [-0.39, 0.29) is 5.91 Å². The van der Waals surface area contributed by atoms with Crippen LogP contribution in [0.2, 0.25) is 0 Å². The summed E-state index contributed by atoms with van der Waals surface area (Å²) in [5.41, 5.74) is 4.24. The number of benzene rings is 2. The van der Waals surface area contributed by atoms with Gasteiger partial charge in [0.05, 0.1) is 11.3 Å². The third-order valence-electron chi connectivity index (χ3n) is 4.62.